The number of nitrogens with two attached hydrogens (primary N) is 1. The number of benzene rings is 3. The number of amides is 2. The summed E-state index contributed by atoms with van der Waals surface area (Å²) in [6.07, 6.45) is -1.12. The molecule has 14 nitrogen and oxygen atoms in total. The number of carbonyl (C=O) groups is 2. The van der Waals surface area contributed by atoms with Crippen molar-refractivity contribution in [1.29, 1.82) is 10.8 Å². The van der Waals surface area contributed by atoms with E-state index in [2.05, 4.69) is 19.6 Å². The maximum Gasteiger partial charge on any atom is 0.408 e. The number of phenolic OH excluding ortho intramolecular Hbond substituents is 2. The van der Waals surface area contributed by atoms with Crippen LogP contribution >= 0.6 is 0 Å². The lowest BCUT2D eigenvalue weighted by Crippen LogP contribution is -2.51. The third-order valence-corrected chi connectivity index (χ3v) is 12.5. The molecule has 0 spiro atoms. The average molecular weight is 878 g/mol. The first-order valence-corrected chi connectivity index (χ1v) is 21.9. The molecule has 6 rings (SSSR count). The molecule has 1 atom stereocenters. The van der Waals surface area contributed by atoms with E-state index < -0.39 is 35.5 Å². The number of piperidine rings is 2. The van der Waals surface area contributed by atoms with E-state index in [0.717, 1.165) is 114 Å². The molecule has 3 aliphatic rings. The first-order valence-electron chi connectivity index (χ1n) is 21.9. The van der Waals surface area contributed by atoms with Crippen molar-refractivity contribution in [3.8, 4) is 17.2 Å². The Morgan fingerprint density at radius 1 is 0.873 bits per heavy atom. The van der Waals surface area contributed by atoms with Crippen LogP contribution in [0.25, 0.3) is 0 Å². The summed E-state index contributed by atoms with van der Waals surface area (Å²) < 4.78 is 45.7. The van der Waals surface area contributed by atoms with Gasteiger partial charge in [0.25, 0.3) is 5.91 Å². The van der Waals surface area contributed by atoms with E-state index in [4.69, 9.17) is 21.3 Å². The van der Waals surface area contributed by atoms with Gasteiger partial charge in [0.15, 0.2) is 5.84 Å². The van der Waals surface area contributed by atoms with Crippen LogP contribution in [0, 0.1) is 22.7 Å². The number of rotatable bonds is 12. The number of aromatic hydroxyl groups is 2. The fraction of sp³-hybridized carbons (Fsp3) is 0.522. The Bertz CT molecular complexity index is 2090. The molecule has 3 aromatic rings. The highest BCUT2D eigenvalue weighted by atomic mass is 19.4. The number of likely N-dealkylation sites (tertiary alicyclic amines) is 1. The van der Waals surface area contributed by atoms with E-state index in [9.17, 15) is 33.0 Å². The van der Waals surface area contributed by atoms with Crippen molar-refractivity contribution in [2.75, 3.05) is 81.0 Å². The zero-order chi connectivity index (χ0) is 45.6. The van der Waals surface area contributed by atoms with Crippen molar-refractivity contribution in [2.24, 2.45) is 11.8 Å². The number of nitrogens with one attached hydrogen (secondary N) is 3. The number of phenols is 2. The van der Waals surface area contributed by atoms with Crippen molar-refractivity contribution < 1.29 is 37.7 Å². The Hall–Kier alpha value is -5.55. The third kappa shape index (κ3) is 11.5. The van der Waals surface area contributed by atoms with Crippen LogP contribution in [-0.4, -0.2) is 126 Å². The molecular weight excluding hydrogens is 816 g/mol. The number of nitrogen functional groups attached to an aromatic ring is 1. The first-order chi connectivity index (χ1) is 29.9. The summed E-state index contributed by atoms with van der Waals surface area (Å²) in [6, 6.07) is 12.8. The van der Waals surface area contributed by atoms with Crippen LogP contribution in [-0.2, 0) is 16.1 Å². The summed E-state index contributed by atoms with van der Waals surface area (Å²) in [5.74, 6) is -2.18. The number of amidine groups is 2. The number of nitrogens with zero attached hydrogens (tertiary/aromatic N) is 5. The third-order valence-electron chi connectivity index (χ3n) is 12.5. The van der Waals surface area contributed by atoms with Crippen LogP contribution in [0.3, 0.4) is 0 Å². The highest BCUT2D eigenvalue weighted by molar-refractivity contribution is 6.48. The molecule has 3 saturated heterocycles. The Morgan fingerprint density at radius 3 is 2.11 bits per heavy atom. The zero-order valence-electron chi connectivity index (χ0n) is 36.7. The predicted molar refractivity (Wildman–Crippen MR) is 239 cm³/mol. The average Bonchev–Trinajstić information content (AvgIpc) is 3.25. The molecule has 0 radical (unpaired) electrons. The number of hydrogen-bond acceptors (Lipinski definition) is 11. The molecule has 3 heterocycles. The van der Waals surface area contributed by atoms with E-state index in [1.807, 2.05) is 25.1 Å². The molecule has 17 heteroatoms. The minimum absolute atomic E-state index is 0.0447. The fourth-order valence-corrected chi connectivity index (χ4v) is 8.67. The molecule has 0 aliphatic carbocycles. The van der Waals surface area contributed by atoms with Gasteiger partial charge in [-0.25, -0.2) is 0 Å². The topological polar surface area (TPSA) is 186 Å². The molecule has 3 aliphatic heterocycles. The smallest absolute Gasteiger partial charge is 0.408 e. The van der Waals surface area contributed by atoms with Gasteiger partial charge in [0, 0.05) is 94.9 Å². The van der Waals surface area contributed by atoms with Gasteiger partial charge in [-0.1, -0.05) is 26.0 Å². The zero-order valence-corrected chi connectivity index (χ0v) is 36.7. The van der Waals surface area contributed by atoms with E-state index in [1.54, 1.807) is 43.4 Å². The minimum atomic E-state index is -4.75. The summed E-state index contributed by atoms with van der Waals surface area (Å²) in [7, 11) is 0. The molecular formula is C46H62F3N9O5. The molecule has 0 saturated carbocycles. The van der Waals surface area contributed by atoms with Gasteiger partial charge in [0.1, 0.15) is 29.1 Å². The summed E-state index contributed by atoms with van der Waals surface area (Å²) in [5, 5.41) is 40.5. The second kappa shape index (κ2) is 20.3. The van der Waals surface area contributed by atoms with Crippen molar-refractivity contribution in [1.82, 2.24) is 20.0 Å². The first kappa shape index (κ1) is 46.9. The molecule has 7 N–H and O–H groups in total. The van der Waals surface area contributed by atoms with Crippen LogP contribution in [0.15, 0.2) is 54.6 Å². The van der Waals surface area contributed by atoms with Crippen molar-refractivity contribution in [3.63, 3.8) is 0 Å². The van der Waals surface area contributed by atoms with Gasteiger partial charge in [0.2, 0.25) is 5.91 Å². The molecule has 342 valence electrons. The van der Waals surface area contributed by atoms with Gasteiger partial charge < -0.3 is 40.7 Å². The second-order valence-corrected chi connectivity index (χ2v) is 17.3. The lowest BCUT2D eigenvalue weighted by molar-refractivity contribution is -0.156. The van der Waals surface area contributed by atoms with Crippen LogP contribution < -0.4 is 25.6 Å². The van der Waals surface area contributed by atoms with E-state index in [0.29, 0.717) is 36.1 Å². The number of alkyl halides is 3. The van der Waals surface area contributed by atoms with Crippen LogP contribution in [0.2, 0.25) is 0 Å². The Balaban J connectivity index is 0.988. The normalized spacial score (nSPS) is 17.7. The largest absolute Gasteiger partial charge is 0.508 e. The van der Waals surface area contributed by atoms with Gasteiger partial charge in [-0.2, -0.15) is 13.2 Å². The number of ether oxygens (including phenoxy) is 1. The fourth-order valence-electron chi connectivity index (χ4n) is 8.67. The van der Waals surface area contributed by atoms with Crippen LogP contribution in [0.1, 0.15) is 76.0 Å². The molecule has 2 amide bonds. The van der Waals surface area contributed by atoms with E-state index in [-0.39, 0.29) is 34.7 Å². The predicted octanol–water partition coefficient (Wildman–Crippen LogP) is 6.35. The van der Waals surface area contributed by atoms with Crippen LogP contribution in [0.4, 0.5) is 30.2 Å². The quantitative estimate of drug-likeness (QED) is 0.0681. The summed E-state index contributed by atoms with van der Waals surface area (Å²) in [5.41, 5.74) is 9.15. The number of carbonyl (C=O) groups excluding carboxylic acids is 2. The molecule has 0 bridgehead atoms. The lowest BCUT2D eigenvalue weighted by atomic mass is 9.91. The van der Waals surface area contributed by atoms with Crippen molar-refractivity contribution >= 4 is 40.5 Å². The lowest BCUT2D eigenvalue weighted by Gasteiger charge is -2.40. The standard InChI is InChI=1S/C46H62F3N9O5/c1-5-63-41-24-35(10-11-38(41)50)56-18-14-33(15-19-56)45(62)57-16-12-32(13-17-57)28-55-22-20-54(21-23-55)27-31-6-8-34(9-7-31)58(43(52)44(61)53-30(4)46(47,48)49)42(51)37-25-36(29(2)3)39(59)26-40(37)60/h6-11,24-26,29-30,32-33,51-52,59-60H,5,12-23,27-28,50H2,1-4H3,(H,53,61). The second-order valence-electron chi connectivity index (χ2n) is 17.3. The highest BCUT2D eigenvalue weighted by Crippen LogP contribution is 2.35. The SMILES string of the molecule is CCOc1cc(N2CCC(C(=O)N3CCC(CN4CCN(Cc5ccc(N(C(=N)C(=O)NC(C)C(F)(F)F)C(=N)c6cc(C(C)C)c(O)cc6O)cc5)CC4)CC3)CC2)ccc1N. The van der Waals surface area contributed by atoms with E-state index >= 15 is 0 Å². The van der Waals surface area contributed by atoms with Gasteiger partial charge in [-0.15, -0.1) is 0 Å². The summed E-state index contributed by atoms with van der Waals surface area (Å²) in [4.78, 5) is 36.6. The molecule has 63 heavy (non-hydrogen) atoms. The van der Waals surface area contributed by atoms with Gasteiger partial charge in [0.05, 0.1) is 17.9 Å². The van der Waals surface area contributed by atoms with Crippen LogP contribution in [0.5, 0.6) is 17.2 Å². The number of halogens is 3. The van der Waals surface area contributed by atoms with Crippen molar-refractivity contribution in [2.45, 2.75) is 78.1 Å². The molecule has 3 fully saturated rings. The highest BCUT2D eigenvalue weighted by Gasteiger charge is 2.39. The Kier molecular flexibility index (Phi) is 15.1. The Labute approximate surface area is 367 Å². The monoisotopic (exact) mass is 877 g/mol. The van der Waals surface area contributed by atoms with E-state index in [1.165, 1.54) is 6.07 Å². The van der Waals surface area contributed by atoms with Gasteiger partial charge in [-0.3, -0.25) is 30.2 Å². The maximum absolute atomic E-state index is 13.5. The molecule has 1 unspecified atom stereocenters. The molecule has 0 aromatic heterocycles. The molecule has 3 aromatic carbocycles. The van der Waals surface area contributed by atoms with Crippen molar-refractivity contribution in [3.05, 3.63) is 71.3 Å². The Morgan fingerprint density at radius 2 is 1.51 bits per heavy atom. The maximum atomic E-state index is 13.5. The number of hydrogen-bond donors (Lipinski definition) is 6. The van der Waals surface area contributed by atoms with Gasteiger partial charge in [-0.05, 0) is 92.8 Å². The van der Waals surface area contributed by atoms with Gasteiger partial charge >= 0.3 is 6.18 Å². The minimum Gasteiger partial charge on any atom is -0.508 e. The number of piperazine rings is 1. The summed E-state index contributed by atoms with van der Waals surface area (Å²) >= 11 is 0. The number of anilines is 3. The summed E-state index contributed by atoms with van der Waals surface area (Å²) in [6.45, 7) is 15.2.